The Bertz CT molecular complexity index is 664. The summed E-state index contributed by atoms with van der Waals surface area (Å²) in [4.78, 5) is 22.4. The van der Waals surface area contributed by atoms with Gasteiger partial charge >= 0.3 is 0 Å². The molecule has 100 valence electrons. The van der Waals surface area contributed by atoms with Crippen LogP contribution in [0.5, 0.6) is 0 Å². The van der Waals surface area contributed by atoms with E-state index in [2.05, 4.69) is 15.3 Å². The summed E-state index contributed by atoms with van der Waals surface area (Å²) >= 11 is 1.40. The second-order valence-corrected chi connectivity index (χ2v) is 4.99. The first kappa shape index (κ1) is 12.6. The number of aliphatic imine (C=N–C) groups is 1. The van der Waals surface area contributed by atoms with Gasteiger partial charge in [-0.2, -0.15) is 0 Å². The van der Waals surface area contributed by atoms with Crippen molar-refractivity contribution in [2.75, 3.05) is 16.8 Å². The highest BCUT2D eigenvalue weighted by Crippen LogP contribution is 2.23. The molecule has 6 heteroatoms. The van der Waals surface area contributed by atoms with Gasteiger partial charge in [-0.1, -0.05) is 12.1 Å². The lowest BCUT2D eigenvalue weighted by molar-refractivity contribution is 0.102. The summed E-state index contributed by atoms with van der Waals surface area (Å²) in [5.74, 6) is -0.161. The Morgan fingerprint density at radius 3 is 3.00 bits per heavy atom. The molecule has 0 saturated carbocycles. The molecule has 0 bridgehead atoms. The Labute approximate surface area is 120 Å². The molecule has 2 aromatic rings. The number of hydrogen-bond donors (Lipinski definition) is 1. The number of nitrogens with one attached hydrogen (secondary N) is 1. The minimum absolute atomic E-state index is 0.161. The van der Waals surface area contributed by atoms with Gasteiger partial charge in [0.25, 0.3) is 5.91 Å². The number of para-hydroxylation sites is 1. The predicted octanol–water partition coefficient (Wildman–Crippen LogP) is 2.76. The normalized spacial score (nSPS) is 13.5. The standard InChI is InChI=1S/C14H12N4OS/c19-13(17-14-16-7-10-20-14)11-3-1-2-4-12(11)18-8-5-15-6-9-18/h1-8,10H,9H2,(H,16,17,19). The second kappa shape index (κ2) is 5.66. The Hall–Kier alpha value is -2.47. The first-order valence-corrected chi connectivity index (χ1v) is 6.97. The molecule has 20 heavy (non-hydrogen) atoms. The van der Waals surface area contributed by atoms with Crippen LogP contribution in [0.2, 0.25) is 0 Å². The van der Waals surface area contributed by atoms with E-state index in [4.69, 9.17) is 0 Å². The first-order chi connectivity index (χ1) is 9.84. The highest BCUT2D eigenvalue weighted by molar-refractivity contribution is 7.13. The summed E-state index contributed by atoms with van der Waals surface area (Å²) in [6.45, 7) is 0.651. The highest BCUT2D eigenvalue weighted by Gasteiger charge is 2.16. The number of rotatable bonds is 3. The zero-order valence-electron chi connectivity index (χ0n) is 10.6. The number of carbonyl (C=O) groups is 1. The summed E-state index contributed by atoms with van der Waals surface area (Å²) in [6, 6.07) is 7.48. The molecule has 1 N–H and O–H groups in total. The Balaban J connectivity index is 1.87. The van der Waals surface area contributed by atoms with Crippen LogP contribution in [0.15, 0.2) is 53.2 Å². The lowest BCUT2D eigenvalue weighted by Crippen LogP contribution is -2.24. The van der Waals surface area contributed by atoms with Crippen LogP contribution in [0.1, 0.15) is 10.4 Å². The predicted molar refractivity (Wildman–Crippen MR) is 81.5 cm³/mol. The molecule has 0 saturated heterocycles. The molecule has 0 fully saturated rings. The first-order valence-electron chi connectivity index (χ1n) is 6.09. The van der Waals surface area contributed by atoms with Crippen molar-refractivity contribution < 1.29 is 4.79 Å². The summed E-state index contributed by atoms with van der Waals surface area (Å²) in [5, 5.41) is 5.22. The Morgan fingerprint density at radius 1 is 1.35 bits per heavy atom. The van der Waals surface area contributed by atoms with Crippen LogP contribution in [-0.4, -0.2) is 23.7 Å². The molecule has 0 radical (unpaired) electrons. The minimum atomic E-state index is -0.161. The van der Waals surface area contributed by atoms with Crippen molar-refractivity contribution in [1.29, 1.82) is 0 Å². The number of aromatic nitrogens is 1. The van der Waals surface area contributed by atoms with E-state index in [0.29, 0.717) is 17.2 Å². The van der Waals surface area contributed by atoms with E-state index in [-0.39, 0.29) is 5.91 Å². The third-order valence-corrected chi connectivity index (χ3v) is 3.52. The van der Waals surface area contributed by atoms with Crippen molar-refractivity contribution in [2.45, 2.75) is 0 Å². The van der Waals surface area contributed by atoms with E-state index in [1.807, 2.05) is 34.7 Å². The molecule has 5 nitrogen and oxygen atoms in total. The third kappa shape index (κ3) is 2.60. The number of anilines is 2. The van der Waals surface area contributed by atoms with Crippen LogP contribution in [0.3, 0.4) is 0 Å². The van der Waals surface area contributed by atoms with Gasteiger partial charge in [-0.05, 0) is 12.1 Å². The van der Waals surface area contributed by atoms with E-state index in [9.17, 15) is 4.79 Å². The monoisotopic (exact) mass is 284 g/mol. The fourth-order valence-corrected chi connectivity index (χ4v) is 2.44. The van der Waals surface area contributed by atoms with Crippen molar-refractivity contribution in [1.82, 2.24) is 4.98 Å². The molecule has 1 aliphatic heterocycles. The fraction of sp³-hybridized carbons (Fsp3) is 0.0714. The zero-order valence-corrected chi connectivity index (χ0v) is 11.4. The van der Waals surface area contributed by atoms with Gasteiger partial charge < -0.3 is 4.90 Å². The van der Waals surface area contributed by atoms with Crippen molar-refractivity contribution in [3.63, 3.8) is 0 Å². The van der Waals surface area contributed by atoms with E-state index in [1.165, 1.54) is 11.3 Å². The van der Waals surface area contributed by atoms with Gasteiger partial charge in [0, 0.05) is 30.2 Å². The van der Waals surface area contributed by atoms with Crippen LogP contribution < -0.4 is 10.2 Å². The Kier molecular flexibility index (Phi) is 3.56. The number of amides is 1. The quantitative estimate of drug-likeness (QED) is 0.943. The van der Waals surface area contributed by atoms with Crippen LogP contribution >= 0.6 is 11.3 Å². The molecular formula is C14H12N4OS. The zero-order chi connectivity index (χ0) is 13.8. The van der Waals surface area contributed by atoms with Gasteiger partial charge in [0.1, 0.15) is 0 Å². The molecule has 3 rings (SSSR count). The molecule has 1 aliphatic rings. The second-order valence-electron chi connectivity index (χ2n) is 4.09. The molecule has 1 amide bonds. The number of carbonyl (C=O) groups excluding carboxylic acids is 1. The fourth-order valence-electron chi connectivity index (χ4n) is 1.92. The summed E-state index contributed by atoms with van der Waals surface area (Å²) in [6.07, 6.45) is 7.03. The lowest BCUT2D eigenvalue weighted by atomic mass is 10.1. The van der Waals surface area contributed by atoms with Crippen molar-refractivity contribution >= 4 is 34.3 Å². The van der Waals surface area contributed by atoms with Gasteiger partial charge in [-0.3, -0.25) is 15.1 Å². The average Bonchev–Trinajstić information content (AvgIpc) is 3.01. The van der Waals surface area contributed by atoms with Crippen molar-refractivity contribution in [3.8, 4) is 0 Å². The van der Waals surface area contributed by atoms with Crippen LogP contribution in [0.4, 0.5) is 10.8 Å². The number of hydrogen-bond acceptors (Lipinski definition) is 5. The number of benzene rings is 1. The minimum Gasteiger partial charge on any atom is -0.340 e. The SMILES string of the molecule is O=C(Nc1nccs1)c1ccccc1N1C=CN=CC1. The lowest BCUT2D eigenvalue weighted by Gasteiger charge is -2.22. The van der Waals surface area contributed by atoms with Crippen molar-refractivity contribution in [2.24, 2.45) is 4.99 Å². The molecule has 0 aliphatic carbocycles. The van der Waals surface area contributed by atoms with E-state index in [1.54, 1.807) is 24.7 Å². The molecule has 1 aromatic heterocycles. The summed E-state index contributed by atoms with van der Waals surface area (Å²) in [7, 11) is 0. The van der Waals surface area contributed by atoms with Crippen molar-refractivity contribution in [3.05, 3.63) is 53.8 Å². The van der Waals surface area contributed by atoms with Gasteiger partial charge in [0.15, 0.2) is 5.13 Å². The van der Waals surface area contributed by atoms with Crippen LogP contribution in [0, 0.1) is 0 Å². The topological polar surface area (TPSA) is 57.6 Å². The van der Waals surface area contributed by atoms with Crippen LogP contribution in [-0.2, 0) is 0 Å². The van der Waals surface area contributed by atoms with Gasteiger partial charge in [-0.25, -0.2) is 4.98 Å². The highest BCUT2D eigenvalue weighted by atomic mass is 32.1. The maximum atomic E-state index is 12.3. The average molecular weight is 284 g/mol. The third-order valence-electron chi connectivity index (χ3n) is 2.83. The maximum absolute atomic E-state index is 12.3. The largest absolute Gasteiger partial charge is 0.340 e. The van der Waals surface area contributed by atoms with E-state index in [0.717, 1.165) is 5.69 Å². The van der Waals surface area contributed by atoms with Gasteiger partial charge in [0.05, 0.1) is 17.8 Å². The number of thiazole rings is 1. The molecular weight excluding hydrogens is 272 g/mol. The van der Waals surface area contributed by atoms with Gasteiger partial charge in [0.2, 0.25) is 0 Å². The molecule has 0 unspecified atom stereocenters. The molecule has 0 atom stereocenters. The summed E-state index contributed by atoms with van der Waals surface area (Å²) in [5.41, 5.74) is 1.46. The van der Waals surface area contributed by atoms with Gasteiger partial charge in [-0.15, -0.1) is 11.3 Å². The number of nitrogens with zero attached hydrogens (tertiary/aromatic N) is 3. The Morgan fingerprint density at radius 2 is 2.25 bits per heavy atom. The van der Waals surface area contributed by atoms with Crippen LogP contribution in [0.25, 0.3) is 0 Å². The molecule has 0 spiro atoms. The maximum Gasteiger partial charge on any atom is 0.259 e. The molecule has 1 aromatic carbocycles. The smallest absolute Gasteiger partial charge is 0.259 e. The summed E-state index contributed by atoms with van der Waals surface area (Å²) < 4.78 is 0. The molecule has 2 heterocycles. The van der Waals surface area contributed by atoms with E-state index >= 15 is 0 Å². The van der Waals surface area contributed by atoms with E-state index < -0.39 is 0 Å².